The molecule has 2 atom stereocenters. The highest BCUT2D eigenvalue weighted by Crippen LogP contribution is 2.37. The molecule has 1 fully saturated rings. The Morgan fingerprint density at radius 2 is 1.50 bits per heavy atom. The quantitative estimate of drug-likeness (QED) is 0.299. The van der Waals surface area contributed by atoms with Crippen molar-refractivity contribution in [3.63, 3.8) is 0 Å². The van der Waals surface area contributed by atoms with E-state index in [4.69, 9.17) is 0 Å². The van der Waals surface area contributed by atoms with E-state index >= 15 is 0 Å². The molecule has 1 aliphatic rings. The molecule has 1 aliphatic heterocycles. The van der Waals surface area contributed by atoms with Crippen molar-refractivity contribution in [3.05, 3.63) is 35.9 Å². The van der Waals surface area contributed by atoms with Gasteiger partial charge >= 0.3 is 0 Å². The van der Waals surface area contributed by atoms with Crippen molar-refractivity contribution in [2.24, 2.45) is 0 Å². The van der Waals surface area contributed by atoms with Gasteiger partial charge < -0.3 is 0 Å². The van der Waals surface area contributed by atoms with E-state index in [9.17, 15) is 10.5 Å². The molecule has 3 heteroatoms. The average molecular weight is 408 g/mol. The molecule has 0 aliphatic carbocycles. The Hall–Kier alpha value is -1.84. The second-order valence-electron chi connectivity index (χ2n) is 9.08. The van der Waals surface area contributed by atoms with E-state index < -0.39 is 5.54 Å². The molecular weight excluding hydrogens is 366 g/mol. The number of likely N-dealkylation sites (tertiary alicyclic amines) is 1. The highest BCUT2D eigenvalue weighted by atomic mass is 15.2. The SMILES string of the molecule is CCCCCCCCCCCCCC1(C#N)CCCC(C#N)N1Cc1ccccc1. The topological polar surface area (TPSA) is 50.8 Å². The summed E-state index contributed by atoms with van der Waals surface area (Å²) < 4.78 is 0. The maximum atomic E-state index is 10.2. The Morgan fingerprint density at radius 1 is 0.900 bits per heavy atom. The second kappa shape index (κ2) is 14.2. The smallest absolute Gasteiger partial charge is 0.110 e. The van der Waals surface area contributed by atoms with Crippen LogP contribution in [0.5, 0.6) is 0 Å². The molecule has 0 amide bonds. The van der Waals surface area contributed by atoms with Gasteiger partial charge in [0.15, 0.2) is 0 Å². The summed E-state index contributed by atoms with van der Waals surface area (Å²) in [4.78, 5) is 2.21. The molecule has 2 unspecified atom stereocenters. The summed E-state index contributed by atoms with van der Waals surface area (Å²) >= 11 is 0. The Bertz CT molecular complexity index is 657. The minimum atomic E-state index is -0.478. The third-order valence-corrected chi connectivity index (χ3v) is 6.74. The van der Waals surface area contributed by atoms with Gasteiger partial charge in [0, 0.05) is 6.54 Å². The molecular formula is C27H41N3. The maximum absolute atomic E-state index is 10.2. The van der Waals surface area contributed by atoms with Gasteiger partial charge in [-0.2, -0.15) is 10.5 Å². The van der Waals surface area contributed by atoms with Crippen LogP contribution in [0.25, 0.3) is 0 Å². The zero-order chi connectivity index (χ0) is 21.5. The Kier molecular flexibility index (Phi) is 11.6. The summed E-state index contributed by atoms with van der Waals surface area (Å²) in [7, 11) is 0. The first-order chi connectivity index (χ1) is 14.8. The number of benzene rings is 1. The lowest BCUT2D eigenvalue weighted by atomic mass is 9.80. The zero-order valence-electron chi connectivity index (χ0n) is 19.1. The molecule has 1 aromatic carbocycles. The number of unbranched alkanes of at least 4 members (excludes halogenated alkanes) is 10. The van der Waals surface area contributed by atoms with Gasteiger partial charge in [-0.15, -0.1) is 0 Å². The molecule has 30 heavy (non-hydrogen) atoms. The van der Waals surface area contributed by atoms with Crippen molar-refractivity contribution < 1.29 is 0 Å². The average Bonchev–Trinajstić information content (AvgIpc) is 2.79. The van der Waals surface area contributed by atoms with Crippen LogP contribution >= 0.6 is 0 Å². The van der Waals surface area contributed by atoms with Crippen LogP contribution in [0.15, 0.2) is 30.3 Å². The lowest BCUT2D eigenvalue weighted by Crippen LogP contribution is -2.54. The number of rotatable bonds is 14. The molecule has 0 aromatic heterocycles. The van der Waals surface area contributed by atoms with Crippen LogP contribution in [0.1, 0.15) is 109 Å². The third kappa shape index (κ3) is 7.77. The van der Waals surface area contributed by atoms with E-state index in [-0.39, 0.29) is 6.04 Å². The minimum absolute atomic E-state index is 0.147. The fourth-order valence-corrected chi connectivity index (χ4v) is 4.89. The number of hydrogen-bond acceptors (Lipinski definition) is 3. The summed E-state index contributed by atoms with van der Waals surface area (Å²) in [6.07, 6.45) is 18.2. The predicted molar refractivity (Wildman–Crippen MR) is 125 cm³/mol. The van der Waals surface area contributed by atoms with Gasteiger partial charge in [-0.1, -0.05) is 108 Å². The first-order valence-electron chi connectivity index (χ1n) is 12.4. The van der Waals surface area contributed by atoms with Crippen molar-refractivity contribution in [2.75, 3.05) is 0 Å². The third-order valence-electron chi connectivity index (χ3n) is 6.74. The molecule has 3 nitrogen and oxygen atoms in total. The van der Waals surface area contributed by atoms with Crippen molar-refractivity contribution in [3.8, 4) is 12.1 Å². The number of nitrogens with zero attached hydrogens (tertiary/aromatic N) is 3. The standard InChI is InChI=1S/C27H41N3/c1-2-3-4-5-6-7-8-9-10-11-15-20-27(24-29)21-16-19-26(22-28)30(27)23-25-17-13-12-14-18-25/h12-14,17-18,26H,2-11,15-16,19-21,23H2,1H3. The Morgan fingerprint density at radius 3 is 2.07 bits per heavy atom. The summed E-state index contributed by atoms with van der Waals surface area (Å²) in [6, 6.07) is 15.3. The van der Waals surface area contributed by atoms with Gasteiger partial charge in [0.25, 0.3) is 0 Å². The van der Waals surface area contributed by atoms with Crippen LogP contribution in [0, 0.1) is 22.7 Å². The summed E-state index contributed by atoms with van der Waals surface area (Å²) in [5.41, 5.74) is 0.714. The van der Waals surface area contributed by atoms with Crippen LogP contribution in [-0.4, -0.2) is 16.5 Å². The van der Waals surface area contributed by atoms with E-state index in [2.05, 4.69) is 36.1 Å². The lowest BCUT2D eigenvalue weighted by molar-refractivity contribution is 0.0445. The Balaban J connectivity index is 1.78. The maximum Gasteiger partial charge on any atom is 0.110 e. The first kappa shape index (κ1) is 24.4. The normalized spacial score (nSPS) is 21.8. The van der Waals surface area contributed by atoms with Gasteiger partial charge in [0.1, 0.15) is 5.54 Å². The van der Waals surface area contributed by atoms with Crippen molar-refractivity contribution in [1.82, 2.24) is 4.90 Å². The van der Waals surface area contributed by atoms with Crippen LogP contribution in [0.3, 0.4) is 0 Å². The van der Waals surface area contributed by atoms with Gasteiger partial charge in [0.2, 0.25) is 0 Å². The van der Waals surface area contributed by atoms with E-state index in [1.165, 1.54) is 69.8 Å². The van der Waals surface area contributed by atoms with Gasteiger partial charge in [-0.25, -0.2) is 0 Å². The highest BCUT2D eigenvalue weighted by molar-refractivity contribution is 5.20. The first-order valence-corrected chi connectivity index (χ1v) is 12.4. The van der Waals surface area contributed by atoms with Crippen molar-refractivity contribution in [1.29, 1.82) is 10.5 Å². The number of nitriles is 2. The van der Waals surface area contributed by atoms with Gasteiger partial charge in [-0.3, -0.25) is 4.90 Å². The molecule has 2 rings (SSSR count). The molecule has 1 heterocycles. The van der Waals surface area contributed by atoms with E-state index in [0.717, 1.165) is 32.1 Å². The van der Waals surface area contributed by atoms with Crippen molar-refractivity contribution >= 4 is 0 Å². The highest BCUT2D eigenvalue weighted by Gasteiger charge is 2.43. The Labute approximate surface area is 185 Å². The molecule has 0 spiro atoms. The monoisotopic (exact) mass is 407 g/mol. The number of hydrogen-bond donors (Lipinski definition) is 0. The summed E-state index contributed by atoms with van der Waals surface area (Å²) in [5.74, 6) is 0. The van der Waals surface area contributed by atoms with Crippen LogP contribution < -0.4 is 0 Å². The van der Waals surface area contributed by atoms with Gasteiger partial charge in [-0.05, 0) is 31.2 Å². The van der Waals surface area contributed by atoms with E-state index in [1.807, 2.05) is 18.2 Å². The van der Waals surface area contributed by atoms with Crippen LogP contribution in [0.4, 0.5) is 0 Å². The predicted octanol–water partition coefficient (Wildman–Crippen LogP) is 7.53. The van der Waals surface area contributed by atoms with Crippen LogP contribution in [0.2, 0.25) is 0 Å². The fraction of sp³-hybridized carbons (Fsp3) is 0.704. The molecule has 0 N–H and O–H groups in total. The largest absolute Gasteiger partial charge is 0.265 e. The number of piperidine rings is 1. The van der Waals surface area contributed by atoms with E-state index in [0.29, 0.717) is 6.54 Å². The zero-order valence-corrected chi connectivity index (χ0v) is 19.1. The lowest BCUT2D eigenvalue weighted by Gasteiger charge is -2.45. The van der Waals surface area contributed by atoms with Crippen molar-refractivity contribution in [2.45, 2.75) is 121 Å². The molecule has 164 valence electrons. The summed E-state index contributed by atoms with van der Waals surface area (Å²) in [5, 5.41) is 19.9. The minimum Gasteiger partial charge on any atom is -0.265 e. The molecule has 0 radical (unpaired) electrons. The molecule has 0 saturated carbocycles. The fourth-order valence-electron chi connectivity index (χ4n) is 4.89. The molecule has 1 saturated heterocycles. The summed E-state index contributed by atoms with van der Waals surface area (Å²) in [6.45, 7) is 2.97. The second-order valence-corrected chi connectivity index (χ2v) is 9.08. The van der Waals surface area contributed by atoms with Gasteiger partial charge in [0.05, 0.1) is 18.2 Å². The molecule has 1 aromatic rings. The molecule has 0 bridgehead atoms. The van der Waals surface area contributed by atoms with E-state index in [1.54, 1.807) is 0 Å². The van der Waals surface area contributed by atoms with Crippen LogP contribution in [-0.2, 0) is 6.54 Å².